The first-order valence-corrected chi connectivity index (χ1v) is 5.41. The maximum atomic E-state index is 11.3. The summed E-state index contributed by atoms with van der Waals surface area (Å²) in [5, 5.41) is 8.35. The Morgan fingerprint density at radius 3 is 2.62 bits per heavy atom. The maximum Gasteiger partial charge on any atom is 0.162 e. The second-order valence-corrected chi connectivity index (χ2v) is 3.41. The molecule has 3 heteroatoms. The summed E-state index contributed by atoms with van der Waals surface area (Å²) >= 11 is 0. The number of ether oxygens (including phenoxy) is 1. The van der Waals surface area contributed by atoms with E-state index < -0.39 is 0 Å². The third kappa shape index (κ3) is 3.74. The van der Waals surface area contributed by atoms with E-state index in [2.05, 4.69) is 6.07 Å². The van der Waals surface area contributed by atoms with E-state index in [-0.39, 0.29) is 5.78 Å². The molecule has 0 bridgehead atoms. The van der Waals surface area contributed by atoms with Crippen molar-refractivity contribution >= 4 is 5.78 Å². The normalized spacial score (nSPS) is 9.50. The fraction of sp³-hybridized carbons (Fsp3) is 0.385. The number of benzene rings is 1. The molecule has 0 atom stereocenters. The van der Waals surface area contributed by atoms with E-state index in [9.17, 15) is 4.79 Å². The lowest BCUT2D eigenvalue weighted by molar-refractivity contribution is 0.0988. The van der Waals surface area contributed by atoms with Crippen LogP contribution in [0.3, 0.4) is 0 Å². The van der Waals surface area contributed by atoms with Crippen LogP contribution < -0.4 is 4.74 Å². The Kier molecular flexibility index (Phi) is 5.07. The maximum absolute atomic E-state index is 11.3. The van der Waals surface area contributed by atoms with Crippen molar-refractivity contribution in [1.29, 1.82) is 5.26 Å². The van der Waals surface area contributed by atoms with Crippen LogP contribution >= 0.6 is 0 Å². The van der Waals surface area contributed by atoms with Gasteiger partial charge in [-0.25, -0.2) is 0 Å². The van der Waals surface area contributed by atoms with Crippen molar-refractivity contribution in [2.45, 2.75) is 26.2 Å². The Hall–Kier alpha value is -1.82. The Labute approximate surface area is 95.7 Å². The quantitative estimate of drug-likeness (QED) is 0.543. The van der Waals surface area contributed by atoms with Crippen LogP contribution in [0, 0.1) is 11.3 Å². The monoisotopic (exact) mass is 217 g/mol. The van der Waals surface area contributed by atoms with Gasteiger partial charge in [0.1, 0.15) is 5.75 Å². The molecule has 0 radical (unpaired) electrons. The van der Waals surface area contributed by atoms with Gasteiger partial charge < -0.3 is 4.74 Å². The zero-order chi connectivity index (χ0) is 11.8. The molecule has 0 aromatic heterocycles. The van der Waals surface area contributed by atoms with Crippen molar-refractivity contribution in [2.24, 2.45) is 0 Å². The number of hydrogen-bond donors (Lipinski definition) is 0. The standard InChI is InChI=1S/C13H15NO2/c1-2-13(15)11-5-7-12(8-6-11)16-10-4-3-9-14/h5-8H,2-4,10H2,1H3. The molecule has 0 spiro atoms. The number of Topliss-reactive ketones (excluding diaryl/α,β-unsaturated/α-hetero) is 1. The second-order valence-electron chi connectivity index (χ2n) is 3.41. The predicted octanol–water partition coefficient (Wildman–Crippen LogP) is 2.96. The van der Waals surface area contributed by atoms with Crippen LogP contribution in [0.25, 0.3) is 0 Å². The van der Waals surface area contributed by atoms with E-state index in [1.54, 1.807) is 24.3 Å². The number of carbonyl (C=O) groups excluding carboxylic acids is 1. The number of carbonyl (C=O) groups is 1. The molecule has 0 aliphatic carbocycles. The molecule has 0 N–H and O–H groups in total. The van der Waals surface area contributed by atoms with E-state index in [4.69, 9.17) is 10.00 Å². The van der Waals surface area contributed by atoms with Crippen LogP contribution in [0.4, 0.5) is 0 Å². The summed E-state index contributed by atoms with van der Waals surface area (Å²) in [5.41, 5.74) is 0.715. The lowest BCUT2D eigenvalue weighted by Crippen LogP contribution is -1.99. The fourth-order valence-corrected chi connectivity index (χ4v) is 1.28. The third-order valence-electron chi connectivity index (χ3n) is 2.20. The SMILES string of the molecule is CCC(=O)c1ccc(OCCCC#N)cc1. The molecule has 0 heterocycles. The van der Waals surface area contributed by atoms with Gasteiger partial charge in [-0.3, -0.25) is 4.79 Å². The molecular weight excluding hydrogens is 202 g/mol. The highest BCUT2D eigenvalue weighted by Gasteiger charge is 2.02. The Morgan fingerprint density at radius 2 is 2.06 bits per heavy atom. The van der Waals surface area contributed by atoms with Crippen LogP contribution in [0.15, 0.2) is 24.3 Å². The predicted molar refractivity (Wildman–Crippen MR) is 61.4 cm³/mol. The van der Waals surface area contributed by atoms with E-state index in [0.29, 0.717) is 25.0 Å². The number of nitriles is 1. The molecule has 0 aliphatic rings. The fourth-order valence-electron chi connectivity index (χ4n) is 1.28. The number of unbranched alkanes of at least 4 members (excludes halogenated alkanes) is 1. The largest absolute Gasteiger partial charge is 0.494 e. The minimum absolute atomic E-state index is 0.135. The number of rotatable bonds is 6. The topological polar surface area (TPSA) is 50.1 Å². The summed E-state index contributed by atoms with van der Waals surface area (Å²) in [4.78, 5) is 11.3. The van der Waals surface area contributed by atoms with Crippen LogP contribution in [-0.2, 0) is 0 Å². The minimum atomic E-state index is 0.135. The molecular formula is C13H15NO2. The number of nitrogens with zero attached hydrogens (tertiary/aromatic N) is 1. The van der Waals surface area contributed by atoms with Crippen LogP contribution in [0.5, 0.6) is 5.75 Å². The van der Waals surface area contributed by atoms with E-state index in [1.165, 1.54) is 0 Å². The molecule has 3 nitrogen and oxygen atoms in total. The summed E-state index contributed by atoms with van der Waals surface area (Å²) in [6.45, 7) is 2.38. The van der Waals surface area contributed by atoms with Crippen LogP contribution in [0.1, 0.15) is 36.5 Å². The molecule has 0 aliphatic heterocycles. The Morgan fingerprint density at radius 1 is 1.38 bits per heavy atom. The molecule has 1 aromatic carbocycles. The molecule has 16 heavy (non-hydrogen) atoms. The van der Waals surface area contributed by atoms with Crippen LogP contribution in [-0.4, -0.2) is 12.4 Å². The second kappa shape index (κ2) is 6.62. The first-order valence-electron chi connectivity index (χ1n) is 5.41. The zero-order valence-corrected chi connectivity index (χ0v) is 9.40. The summed E-state index contributed by atoms with van der Waals surface area (Å²) in [6.07, 6.45) is 1.75. The highest BCUT2D eigenvalue weighted by atomic mass is 16.5. The lowest BCUT2D eigenvalue weighted by Gasteiger charge is -2.05. The number of hydrogen-bond acceptors (Lipinski definition) is 3. The summed E-state index contributed by atoms with van der Waals surface area (Å²) < 4.78 is 5.41. The van der Waals surface area contributed by atoms with Gasteiger partial charge in [-0.15, -0.1) is 0 Å². The molecule has 0 saturated heterocycles. The van der Waals surface area contributed by atoms with Gasteiger partial charge in [0.15, 0.2) is 5.78 Å². The van der Waals surface area contributed by atoms with Gasteiger partial charge in [0.05, 0.1) is 12.7 Å². The molecule has 0 saturated carbocycles. The van der Waals surface area contributed by atoms with Crippen LogP contribution in [0.2, 0.25) is 0 Å². The van der Waals surface area contributed by atoms with Gasteiger partial charge in [0.2, 0.25) is 0 Å². The molecule has 1 rings (SSSR count). The third-order valence-corrected chi connectivity index (χ3v) is 2.20. The van der Waals surface area contributed by atoms with Crippen molar-refractivity contribution in [3.05, 3.63) is 29.8 Å². The average molecular weight is 217 g/mol. The first kappa shape index (κ1) is 12.3. The van der Waals surface area contributed by atoms with Gasteiger partial charge in [-0.1, -0.05) is 6.92 Å². The van der Waals surface area contributed by atoms with Gasteiger partial charge in [0, 0.05) is 18.4 Å². The number of ketones is 1. The van der Waals surface area contributed by atoms with Gasteiger partial charge >= 0.3 is 0 Å². The molecule has 0 fully saturated rings. The molecule has 0 amide bonds. The lowest BCUT2D eigenvalue weighted by atomic mass is 10.1. The van der Waals surface area contributed by atoms with E-state index >= 15 is 0 Å². The van der Waals surface area contributed by atoms with E-state index in [0.717, 1.165) is 12.2 Å². The average Bonchev–Trinajstić information content (AvgIpc) is 2.34. The minimum Gasteiger partial charge on any atom is -0.494 e. The van der Waals surface area contributed by atoms with Gasteiger partial charge in [-0.2, -0.15) is 5.26 Å². The van der Waals surface area contributed by atoms with Crippen molar-refractivity contribution in [3.63, 3.8) is 0 Å². The zero-order valence-electron chi connectivity index (χ0n) is 9.40. The highest BCUT2D eigenvalue weighted by molar-refractivity contribution is 5.95. The molecule has 1 aromatic rings. The Balaban J connectivity index is 2.46. The highest BCUT2D eigenvalue weighted by Crippen LogP contribution is 2.13. The van der Waals surface area contributed by atoms with Crippen molar-refractivity contribution in [3.8, 4) is 11.8 Å². The summed E-state index contributed by atoms with van der Waals surface area (Å²) in [6, 6.07) is 9.17. The first-order chi connectivity index (χ1) is 7.77. The molecule has 0 unspecified atom stereocenters. The van der Waals surface area contributed by atoms with E-state index in [1.807, 2.05) is 6.92 Å². The van der Waals surface area contributed by atoms with Gasteiger partial charge in [-0.05, 0) is 30.7 Å². The summed E-state index contributed by atoms with van der Waals surface area (Å²) in [7, 11) is 0. The van der Waals surface area contributed by atoms with Gasteiger partial charge in [0.25, 0.3) is 0 Å². The van der Waals surface area contributed by atoms with Crippen molar-refractivity contribution in [2.75, 3.05) is 6.61 Å². The van der Waals surface area contributed by atoms with Crippen molar-refractivity contribution < 1.29 is 9.53 Å². The smallest absolute Gasteiger partial charge is 0.162 e. The van der Waals surface area contributed by atoms with Crippen molar-refractivity contribution in [1.82, 2.24) is 0 Å². The summed E-state index contributed by atoms with van der Waals surface area (Å²) in [5.74, 6) is 0.877. The Bertz CT molecular complexity index is 376. The molecule has 84 valence electrons.